The first-order chi connectivity index (χ1) is 4.50. The van der Waals surface area contributed by atoms with E-state index < -0.39 is 17.9 Å². The molecule has 0 nitrogen and oxygen atoms in total. The lowest BCUT2D eigenvalue weighted by Crippen LogP contribution is -2.53. The summed E-state index contributed by atoms with van der Waals surface area (Å²) in [6.45, 7) is 0. The van der Waals surface area contributed by atoms with Gasteiger partial charge in [-0.1, -0.05) is 0 Å². The van der Waals surface area contributed by atoms with Crippen LogP contribution in [0.2, 0.25) is 0 Å². The van der Waals surface area contributed by atoms with Gasteiger partial charge in [-0.2, -0.15) is 26.3 Å². The van der Waals surface area contributed by atoms with Crippen LogP contribution in [-0.2, 0) is 0 Å². The Hall–Kier alpha value is -0.425. The standard InChI is InChI=1S/C3BF7/c4-1(5,2(6,7)8)3(9,10)11. The summed E-state index contributed by atoms with van der Waals surface area (Å²) in [4.78, 5) is 0. The molecule has 0 aliphatic heterocycles. The molecule has 0 fully saturated rings. The molecule has 11 heavy (non-hydrogen) atoms. The summed E-state index contributed by atoms with van der Waals surface area (Å²) >= 11 is 0. The summed E-state index contributed by atoms with van der Waals surface area (Å²) in [6, 6.07) is 0. The largest absolute Gasteiger partial charge is 0.422 e. The summed E-state index contributed by atoms with van der Waals surface area (Å²) in [7, 11) is 3.35. The molecule has 0 aromatic rings. The fourth-order valence-electron chi connectivity index (χ4n) is 0.161. The Morgan fingerprint density at radius 2 is 0.818 bits per heavy atom. The van der Waals surface area contributed by atoms with Gasteiger partial charge in [-0.25, -0.2) is 4.39 Å². The van der Waals surface area contributed by atoms with E-state index in [0.717, 1.165) is 0 Å². The van der Waals surface area contributed by atoms with Gasteiger partial charge in [0.25, 0.3) is 5.57 Å². The van der Waals surface area contributed by atoms with E-state index >= 15 is 0 Å². The molecule has 2 radical (unpaired) electrons. The molecule has 0 amide bonds. The molecule has 0 unspecified atom stereocenters. The minimum atomic E-state index is -6.13. The Morgan fingerprint density at radius 3 is 0.818 bits per heavy atom. The maximum absolute atomic E-state index is 11.6. The molecule has 64 valence electrons. The van der Waals surface area contributed by atoms with Crippen LogP contribution in [0.4, 0.5) is 30.7 Å². The van der Waals surface area contributed by atoms with Crippen molar-refractivity contribution in [3.05, 3.63) is 0 Å². The number of rotatable bonds is 0. The average Bonchev–Trinajstić information content (AvgIpc) is 1.58. The minimum Gasteiger partial charge on any atom is -0.235 e. The smallest absolute Gasteiger partial charge is 0.235 e. The molecule has 0 rings (SSSR count). The van der Waals surface area contributed by atoms with Gasteiger partial charge in [0.2, 0.25) is 0 Å². The van der Waals surface area contributed by atoms with Crippen LogP contribution in [0.1, 0.15) is 0 Å². The summed E-state index contributed by atoms with van der Waals surface area (Å²) < 4.78 is 78.3. The Labute approximate surface area is 57.8 Å². The van der Waals surface area contributed by atoms with Gasteiger partial charge in [0, 0.05) is 0 Å². The van der Waals surface area contributed by atoms with E-state index in [1.807, 2.05) is 0 Å². The third kappa shape index (κ3) is 1.78. The Balaban J connectivity index is 4.75. The molecule has 0 spiro atoms. The molecule has 0 atom stereocenters. The van der Waals surface area contributed by atoms with Crippen LogP contribution in [-0.4, -0.2) is 25.8 Å². The van der Waals surface area contributed by atoms with E-state index in [2.05, 4.69) is 7.85 Å². The first kappa shape index (κ1) is 10.6. The number of alkyl halides is 7. The van der Waals surface area contributed by atoms with Crippen molar-refractivity contribution in [1.29, 1.82) is 0 Å². The summed E-state index contributed by atoms with van der Waals surface area (Å²) in [5.41, 5.74) is -5.62. The van der Waals surface area contributed by atoms with Gasteiger partial charge in [0.1, 0.15) is 7.85 Å². The van der Waals surface area contributed by atoms with E-state index in [1.54, 1.807) is 0 Å². The predicted octanol–water partition coefficient (Wildman–Crippen LogP) is 1.95. The van der Waals surface area contributed by atoms with Gasteiger partial charge < -0.3 is 0 Å². The minimum absolute atomic E-state index is 3.35. The van der Waals surface area contributed by atoms with E-state index in [0.29, 0.717) is 0 Å². The highest BCUT2D eigenvalue weighted by atomic mass is 19.4. The molecular formula is C3BF7. The van der Waals surface area contributed by atoms with Crippen molar-refractivity contribution in [3.63, 3.8) is 0 Å². The Morgan fingerprint density at radius 1 is 0.636 bits per heavy atom. The monoisotopic (exact) mass is 180 g/mol. The SMILES string of the molecule is [B]C(F)(C(F)(F)F)C(F)(F)F. The van der Waals surface area contributed by atoms with E-state index in [-0.39, 0.29) is 0 Å². The molecule has 0 aromatic heterocycles. The maximum atomic E-state index is 11.6. The maximum Gasteiger partial charge on any atom is 0.422 e. The first-order valence-electron chi connectivity index (χ1n) is 2.11. The van der Waals surface area contributed by atoms with Crippen molar-refractivity contribution in [2.24, 2.45) is 0 Å². The molecule has 0 saturated carbocycles. The molecular weight excluding hydrogens is 180 g/mol. The average molecular weight is 180 g/mol. The van der Waals surface area contributed by atoms with Crippen molar-refractivity contribution < 1.29 is 30.7 Å². The zero-order valence-corrected chi connectivity index (χ0v) is 4.72. The Bertz CT molecular complexity index is 125. The molecule has 8 heteroatoms. The lowest BCUT2D eigenvalue weighted by atomic mass is 9.82. The van der Waals surface area contributed by atoms with Crippen LogP contribution in [0.5, 0.6) is 0 Å². The first-order valence-corrected chi connectivity index (χ1v) is 2.11. The number of hydrogen-bond donors (Lipinski definition) is 0. The highest BCUT2D eigenvalue weighted by Crippen LogP contribution is 2.43. The summed E-state index contributed by atoms with van der Waals surface area (Å²) in [5.74, 6) is 0. The fourth-order valence-corrected chi connectivity index (χ4v) is 0.161. The topological polar surface area (TPSA) is 0 Å². The lowest BCUT2D eigenvalue weighted by molar-refractivity contribution is -0.307. The van der Waals surface area contributed by atoms with Crippen molar-refractivity contribution in [2.45, 2.75) is 17.9 Å². The van der Waals surface area contributed by atoms with E-state index in [9.17, 15) is 30.7 Å². The lowest BCUT2D eigenvalue weighted by Gasteiger charge is -2.26. The van der Waals surface area contributed by atoms with E-state index in [4.69, 9.17) is 0 Å². The van der Waals surface area contributed by atoms with Crippen LogP contribution < -0.4 is 0 Å². The Kier molecular flexibility index (Phi) is 2.19. The molecule has 0 aromatic carbocycles. The van der Waals surface area contributed by atoms with Crippen molar-refractivity contribution in [1.82, 2.24) is 0 Å². The fraction of sp³-hybridized carbons (Fsp3) is 1.00. The van der Waals surface area contributed by atoms with Crippen LogP contribution in [0, 0.1) is 0 Å². The third-order valence-electron chi connectivity index (χ3n) is 0.825. The highest BCUT2D eigenvalue weighted by molar-refractivity contribution is 6.15. The quantitative estimate of drug-likeness (QED) is 0.394. The molecule has 0 aliphatic rings. The third-order valence-corrected chi connectivity index (χ3v) is 0.825. The molecule has 0 aliphatic carbocycles. The number of hydrogen-bond acceptors (Lipinski definition) is 0. The van der Waals surface area contributed by atoms with Crippen LogP contribution in [0.25, 0.3) is 0 Å². The summed E-state index contributed by atoms with van der Waals surface area (Å²) in [5, 5.41) is 0. The van der Waals surface area contributed by atoms with Crippen molar-refractivity contribution in [3.8, 4) is 0 Å². The summed E-state index contributed by atoms with van der Waals surface area (Å²) in [6.07, 6.45) is -12.3. The highest BCUT2D eigenvalue weighted by Gasteiger charge is 2.68. The second-order valence-corrected chi connectivity index (χ2v) is 1.71. The molecule has 0 heterocycles. The van der Waals surface area contributed by atoms with Crippen molar-refractivity contribution in [2.75, 3.05) is 0 Å². The van der Waals surface area contributed by atoms with Gasteiger partial charge in [-0.3, -0.25) is 0 Å². The normalized spacial score (nSPS) is 15.2. The second-order valence-electron chi connectivity index (χ2n) is 1.71. The van der Waals surface area contributed by atoms with Gasteiger partial charge in [0.05, 0.1) is 0 Å². The van der Waals surface area contributed by atoms with Gasteiger partial charge >= 0.3 is 12.4 Å². The zero-order valence-electron chi connectivity index (χ0n) is 4.72. The van der Waals surface area contributed by atoms with E-state index in [1.165, 1.54) is 0 Å². The van der Waals surface area contributed by atoms with Crippen LogP contribution in [0.3, 0.4) is 0 Å². The second kappa shape index (κ2) is 2.28. The van der Waals surface area contributed by atoms with Crippen LogP contribution in [0.15, 0.2) is 0 Å². The molecule has 0 N–H and O–H groups in total. The molecule has 0 saturated heterocycles. The van der Waals surface area contributed by atoms with Crippen molar-refractivity contribution >= 4 is 7.85 Å². The van der Waals surface area contributed by atoms with Gasteiger partial charge in [0.15, 0.2) is 0 Å². The number of halogens is 7. The van der Waals surface area contributed by atoms with Gasteiger partial charge in [-0.15, -0.1) is 0 Å². The molecule has 0 bridgehead atoms. The van der Waals surface area contributed by atoms with Crippen LogP contribution >= 0.6 is 0 Å². The predicted molar refractivity (Wildman–Crippen MR) is 21.7 cm³/mol. The van der Waals surface area contributed by atoms with Gasteiger partial charge in [-0.05, 0) is 0 Å². The zero-order chi connectivity index (χ0) is 9.50.